The highest BCUT2D eigenvalue weighted by atomic mass is 35.5. The molecular formula is C18H20ClNO3. The molecule has 0 unspecified atom stereocenters. The third-order valence-corrected chi connectivity index (χ3v) is 3.48. The van der Waals surface area contributed by atoms with E-state index in [2.05, 4.69) is 5.32 Å². The van der Waals surface area contributed by atoms with Gasteiger partial charge in [0.15, 0.2) is 6.10 Å². The second kappa shape index (κ2) is 8.44. The summed E-state index contributed by atoms with van der Waals surface area (Å²) in [5.41, 5.74) is 1.13. The van der Waals surface area contributed by atoms with Gasteiger partial charge < -0.3 is 14.8 Å². The highest BCUT2D eigenvalue weighted by Crippen LogP contribution is 2.24. The molecule has 0 aliphatic heterocycles. The monoisotopic (exact) mass is 333 g/mol. The number of aryl methyl sites for hydroxylation is 1. The van der Waals surface area contributed by atoms with Gasteiger partial charge in [-0.2, -0.15) is 0 Å². The largest absolute Gasteiger partial charge is 0.492 e. The third kappa shape index (κ3) is 5.49. The van der Waals surface area contributed by atoms with Gasteiger partial charge in [0.05, 0.1) is 11.6 Å². The van der Waals surface area contributed by atoms with Gasteiger partial charge in [-0.1, -0.05) is 35.9 Å². The van der Waals surface area contributed by atoms with Gasteiger partial charge >= 0.3 is 0 Å². The zero-order chi connectivity index (χ0) is 16.7. The first kappa shape index (κ1) is 17.2. The van der Waals surface area contributed by atoms with Crippen LogP contribution in [0.2, 0.25) is 5.02 Å². The highest BCUT2D eigenvalue weighted by molar-refractivity contribution is 6.32. The predicted octanol–water partition coefficient (Wildman–Crippen LogP) is 3.61. The molecule has 0 aliphatic carbocycles. The Kier molecular flexibility index (Phi) is 6.29. The summed E-state index contributed by atoms with van der Waals surface area (Å²) in [5, 5.41) is 3.26. The maximum absolute atomic E-state index is 12.0. The zero-order valence-electron chi connectivity index (χ0n) is 13.2. The minimum absolute atomic E-state index is 0.210. The SMILES string of the molecule is Cc1cccc(OCCNC(=O)[C@@H](C)Oc2ccccc2Cl)c1. The van der Waals surface area contributed by atoms with Crippen molar-refractivity contribution in [2.45, 2.75) is 20.0 Å². The first-order valence-corrected chi connectivity index (χ1v) is 7.82. The number of benzene rings is 2. The number of nitrogens with one attached hydrogen (secondary N) is 1. The van der Waals surface area contributed by atoms with Crippen molar-refractivity contribution in [3.8, 4) is 11.5 Å². The van der Waals surface area contributed by atoms with Gasteiger partial charge in [0.25, 0.3) is 5.91 Å². The molecule has 1 N–H and O–H groups in total. The summed E-state index contributed by atoms with van der Waals surface area (Å²) in [4.78, 5) is 12.0. The van der Waals surface area contributed by atoms with E-state index in [1.165, 1.54) is 0 Å². The molecular weight excluding hydrogens is 314 g/mol. The Morgan fingerprint density at radius 1 is 1.22 bits per heavy atom. The molecule has 0 fully saturated rings. The van der Waals surface area contributed by atoms with Crippen molar-refractivity contribution < 1.29 is 14.3 Å². The first-order valence-electron chi connectivity index (χ1n) is 7.44. The molecule has 5 heteroatoms. The molecule has 0 bridgehead atoms. The highest BCUT2D eigenvalue weighted by Gasteiger charge is 2.15. The van der Waals surface area contributed by atoms with Crippen LogP contribution in [0.1, 0.15) is 12.5 Å². The van der Waals surface area contributed by atoms with Crippen molar-refractivity contribution in [2.75, 3.05) is 13.2 Å². The summed E-state index contributed by atoms with van der Waals surface area (Å²) in [6, 6.07) is 14.8. The van der Waals surface area contributed by atoms with Gasteiger partial charge in [-0.05, 0) is 43.7 Å². The number of carbonyl (C=O) groups is 1. The lowest BCUT2D eigenvalue weighted by Gasteiger charge is -2.15. The summed E-state index contributed by atoms with van der Waals surface area (Å²) in [7, 11) is 0. The van der Waals surface area contributed by atoms with Crippen LogP contribution >= 0.6 is 11.6 Å². The fourth-order valence-electron chi connectivity index (χ4n) is 1.98. The second-order valence-corrected chi connectivity index (χ2v) is 5.55. The predicted molar refractivity (Wildman–Crippen MR) is 91.2 cm³/mol. The van der Waals surface area contributed by atoms with Gasteiger partial charge in [0, 0.05) is 0 Å². The average molecular weight is 334 g/mol. The van der Waals surface area contributed by atoms with E-state index in [0.29, 0.717) is 23.9 Å². The van der Waals surface area contributed by atoms with Crippen LogP contribution in [0.25, 0.3) is 0 Å². The minimum atomic E-state index is -0.631. The third-order valence-electron chi connectivity index (χ3n) is 3.17. The molecule has 4 nitrogen and oxygen atoms in total. The number of carbonyl (C=O) groups excluding carboxylic acids is 1. The molecule has 2 aromatic rings. The van der Waals surface area contributed by atoms with Crippen molar-refractivity contribution >= 4 is 17.5 Å². The molecule has 0 radical (unpaired) electrons. The maximum atomic E-state index is 12.0. The Hall–Kier alpha value is -2.20. The number of amides is 1. The van der Waals surface area contributed by atoms with Gasteiger partial charge in [0.1, 0.15) is 18.1 Å². The van der Waals surface area contributed by atoms with Crippen LogP contribution in [0, 0.1) is 6.92 Å². The van der Waals surface area contributed by atoms with E-state index in [9.17, 15) is 4.79 Å². The van der Waals surface area contributed by atoms with Crippen LogP contribution in [0.4, 0.5) is 0 Å². The van der Waals surface area contributed by atoms with E-state index in [1.54, 1.807) is 19.1 Å². The Morgan fingerprint density at radius 2 is 2.00 bits per heavy atom. The Morgan fingerprint density at radius 3 is 2.74 bits per heavy atom. The quantitative estimate of drug-likeness (QED) is 0.787. The molecule has 122 valence electrons. The number of ether oxygens (including phenoxy) is 2. The lowest BCUT2D eigenvalue weighted by atomic mass is 10.2. The summed E-state index contributed by atoms with van der Waals surface area (Å²) in [6.45, 7) is 4.49. The van der Waals surface area contributed by atoms with Gasteiger partial charge in [0.2, 0.25) is 0 Å². The summed E-state index contributed by atoms with van der Waals surface area (Å²) in [5.74, 6) is 1.07. The minimum Gasteiger partial charge on any atom is -0.492 e. The maximum Gasteiger partial charge on any atom is 0.260 e. The van der Waals surface area contributed by atoms with Crippen LogP contribution in [-0.2, 0) is 4.79 Å². The van der Waals surface area contributed by atoms with E-state index < -0.39 is 6.10 Å². The molecule has 1 atom stereocenters. The molecule has 0 saturated heterocycles. The van der Waals surface area contributed by atoms with Crippen LogP contribution in [0.15, 0.2) is 48.5 Å². The van der Waals surface area contributed by atoms with Crippen molar-refractivity contribution in [1.29, 1.82) is 0 Å². The average Bonchev–Trinajstić information content (AvgIpc) is 2.53. The Labute approximate surface area is 141 Å². The number of hydrogen-bond donors (Lipinski definition) is 1. The van der Waals surface area contributed by atoms with Crippen LogP contribution < -0.4 is 14.8 Å². The van der Waals surface area contributed by atoms with Gasteiger partial charge in [-0.25, -0.2) is 0 Å². The van der Waals surface area contributed by atoms with Crippen LogP contribution in [-0.4, -0.2) is 25.2 Å². The standard InChI is InChI=1S/C18H20ClNO3/c1-13-6-5-7-15(12-13)22-11-10-20-18(21)14(2)23-17-9-4-3-8-16(17)19/h3-9,12,14H,10-11H2,1-2H3,(H,20,21)/t14-/m1/s1. The van der Waals surface area contributed by atoms with Crippen LogP contribution in [0.5, 0.6) is 11.5 Å². The van der Waals surface area contributed by atoms with Crippen LogP contribution in [0.3, 0.4) is 0 Å². The summed E-state index contributed by atoms with van der Waals surface area (Å²) >= 11 is 6.00. The van der Waals surface area contributed by atoms with E-state index in [1.807, 2.05) is 43.3 Å². The normalized spacial score (nSPS) is 11.6. The fraction of sp³-hybridized carbons (Fsp3) is 0.278. The topological polar surface area (TPSA) is 47.6 Å². The van der Waals surface area contributed by atoms with Crippen molar-refractivity contribution in [3.63, 3.8) is 0 Å². The molecule has 23 heavy (non-hydrogen) atoms. The number of halogens is 1. The van der Waals surface area contributed by atoms with Crippen molar-refractivity contribution in [1.82, 2.24) is 5.32 Å². The molecule has 0 heterocycles. The fourth-order valence-corrected chi connectivity index (χ4v) is 2.16. The lowest BCUT2D eigenvalue weighted by Crippen LogP contribution is -2.38. The second-order valence-electron chi connectivity index (χ2n) is 5.15. The smallest absolute Gasteiger partial charge is 0.260 e. The van der Waals surface area contributed by atoms with Crippen molar-refractivity contribution in [2.24, 2.45) is 0 Å². The molecule has 2 aromatic carbocycles. The Balaban J connectivity index is 1.73. The number of rotatable bonds is 7. The van der Waals surface area contributed by atoms with Crippen molar-refractivity contribution in [3.05, 3.63) is 59.1 Å². The summed E-state index contributed by atoms with van der Waals surface area (Å²) < 4.78 is 11.1. The molecule has 0 saturated carbocycles. The number of hydrogen-bond acceptors (Lipinski definition) is 3. The van der Waals surface area contributed by atoms with Gasteiger partial charge in [-0.3, -0.25) is 4.79 Å². The number of para-hydroxylation sites is 1. The van der Waals surface area contributed by atoms with E-state index >= 15 is 0 Å². The molecule has 0 aliphatic rings. The molecule has 0 spiro atoms. The zero-order valence-corrected chi connectivity index (χ0v) is 14.0. The van der Waals surface area contributed by atoms with Gasteiger partial charge in [-0.15, -0.1) is 0 Å². The molecule has 0 aromatic heterocycles. The first-order chi connectivity index (χ1) is 11.1. The molecule has 1 amide bonds. The van der Waals surface area contributed by atoms with E-state index in [-0.39, 0.29) is 5.91 Å². The molecule has 2 rings (SSSR count). The lowest BCUT2D eigenvalue weighted by molar-refractivity contribution is -0.127. The summed E-state index contributed by atoms with van der Waals surface area (Å²) in [6.07, 6.45) is -0.631. The van der Waals surface area contributed by atoms with E-state index in [0.717, 1.165) is 11.3 Å². The van der Waals surface area contributed by atoms with E-state index in [4.69, 9.17) is 21.1 Å². The Bertz CT molecular complexity index is 660.